The number of aromatic nitrogens is 4. The lowest BCUT2D eigenvalue weighted by molar-refractivity contribution is -0.121. The van der Waals surface area contributed by atoms with E-state index in [1.807, 2.05) is 61.5 Å². The number of para-hydroxylation sites is 1. The molecule has 2 aromatic carbocycles. The number of carbonyl (C=O) groups is 1. The maximum absolute atomic E-state index is 12.8. The van der Waals surface area contributed by atoms with Crippen molar-refractivity contribution in [2.45, 2.75) is 20.0 Å². The molecule has 4 rings (SSSR count). The molecule has 1 N–H and O–H groups in total. The minimum absolute atomic E-state index is 0.0931. The molecule has 1 amide bonds. The summed E-state index contributed by atoms with van der Waals surface area (Å²) in [4.78, 5) is 29.4. The van der Waals surface area contributed by atoms with Gasteiger partial charge in [-0.1, -0.05) is 48.5 Å². The van der Waals surface area contributed by atoms with E-state index in [1.165, 1.54) is 17.1 Å². The second-order valence-electron chi connectivity index (χ2n) is 6.52. The molecule has 28 heavy (non-hydrogen) atoms. The lowest BCUT2D eigenvalue weighted by Crippen LogP contribution is -2.32. The molecule has 140 valence electrons. The van der Waals surface area contributed by atoms with Crippen LogP contribution in [0.15, 0.2) is 71.9 Å². The van der Waals surface area contributed by atoms with Gasteiger partial charge < -0.3 is 5.32 Å². The van der Waals surface area contributed by atoms with Crippen LogP contribution < -0.4 is 10.9 Å². The predicted molar refractivity (Wildman–Crippen MR) is 106 cm³/mol. The van der Waals surface area contributed by atoms with Crippen molar-refractivity contribution in [3.05, 3.63) is 88.6 Å². The van der Waals surface area contributed by atoms with Gasteiger partial charge in [-0.05, 0) is 24.1 Å². The number of rotatable bonds is 5. The van der Waals surface area contributed by atoms with Crippen LogP contribution in [0.25, 0.3) is 16.7 Å². The number of benzene rings is 2. The Labute approximate surface area is 161 Å². The topological polar surface area (TPSA) is 81.8 Å². The van der Waals surface area contributed by atoms with Gasteiger partial charge in [-0.25, -0.2) is 9.67 Å². The van der Waals surface area contributed by atoms with Crippen LogP contribution >= 0.6 is 0 Å². The van der Waals surface area contributed by atoms with E-state index in [2.05, 4.69) is 15.4 Å². The molecule has 0 saturated carbocycles. The van der Waals surface area contributed by atoms with Crippen molar-refractivity contribution >= 4 is 16.9 Å². The molecule has 0 aliphatic heterocycles. The van der Waals surface area contributed by atoms with Gasteiger partial charge in [0.1, 0.15) is 18.3 Å². The molecule has 0 unspecified atom stereocenters. The van der Waals surface area contributed by atoms with Gasteiger partial charge in [0.25, 0.3) is 5.56 Å². The summed E-state index contributed by atoms with van der Waals surface area (Å²) in [6.45, 7) is 2.29. The highest BCUT2D eigenvalue weighted by atomic mass is 16.2. The predicted octanol–water partition coefficient (Wildman–Crippen LogP) is 2.21. The third-order valence-corrected chi connectivity index (χ3v) is 4.54. The molecular weight excluding hydrogens is 354 g/mol. The fraction of sp³-hybridized carbons (Fsp3) is 0.143. The second-order valence-corrected chi connectivity index (χ2v) is 6.52. The molecule has 0 radical (unpaired) electrons. The van der Waals surface area contributed by atoms with Crippen LogP contribution in [0, 0.1) is 6.92 Å². The summed E-state index contributed by atoms with van der Waals surface area (Å²) in [5.74, 6) is -0.251. The van der Waals surface area contributed by atoms with Crippen molar-refractivity contribution in [2.24, 2.45) is 0 Å². The maximum Gasteiger partial charge on any atom is 0.264 e. The molecule has 0 aliphatic carbocycles. The normalized spacial score (nSPS) is 10.9. The van der Waals surface area contributed by atoms with Crippen LogP contribution in [0.5, 0.6) is 0 Å². The van der Waals surface area contributed by atoms with E-state index in [-0.39, 0.29) is 18.0 Å². The van der Waals surface area contributed by atoms with E-state index in [9.17, 15) is 9.59 Å². The number of hydrogen-bond acceptors (Lipinski definition) is 4. The van der Waals surface area contributed by atoms with E-state index in [1.54, 1.807) is 4.68 Å². The number of fused-ring (bicyclic) bond motifs is 1. The molecule has 7 heteroatoms. The van der Waals surface area contributed by atoms with Gasteiger partial charge in [0.2, 0.25) is 5.91 Å². The molecule has 2 heterocycles. The van der Waals surface area contributed by atoms with Crippen LogP contribution in [0.1, 0.15) is 11.1 Å². The van der Waals surface area contributed by atoms with Gasteiger partial charge in [0.15, 0.2) is 5.65 Å². The lowest BCUT2D eigenvalue weighted by Gasteiger charge is -2.08. The molecule has 0 fully saturated rings. The average molecular weight is 373 g/mol. The molecule has 2 aromatic heterocycles. The third kappa shape index (κ3) is 3.42. The van der Waals surface area contributed by atoms with E-state index in [4.69, 9.17) is 0 Å². The van der Waals surface area contributed by atoms with Crippen LogP contribution in [-0.4, -0.2) is 25.2 Å². The Morgan fingerprint density at radius 3 is 2.61 bits per heavy atom. The summed E-state index contributed by atoms with van der Waals surface area (Å²) in [6, 6.07) is 17.4. The first kappa shape index (κ1) is 17.7. The summed E-state index contributed by atoms with van der Waals surface area (Å²) >= 11 is 0. The lowest BCUT2D eigenvalue weighted by atomic mass is 10.2. The Bertz CT molecular complexity index is 1190. The Hall–Kier alpha value is -3.74. The monoisotopic (exact) mass is 373 g/mol. The largest absolute Gasteiger partial charge is 0.350 e. The van der Waals surface area contributed by atoms with Crippen molar-refractivity contribution in [1.82, 2.24) is 24.6 Å². The number of aryl methyl sites for hydroxylation is 1. The minimum atomic E-state index is -0.292. The van der Waals surface area contributed by atoms with Crippen molar-refractivity contribution < 1.29 is 4.79 Å². The molecule has 0 aliphatic rings. The Balaban J connectivity index is 1.56. The highest BCUT2D eigenvalue weighted by molar-refractivity contribution is 5.78. The SMILES string of the molecule is Cc1ccccc1-n1ncc2c(=O)n(CC(=O)NCc3ccccc3)cnc21. The van der Waals surface area contributed by atoms with E-state index < -0.39 is 0 Å². The highest BCUT2D eigenvalue weighted by Gasteiger charge is 2.14. The fourth-order valence-corrected chi connectivity index (χ4v) is 3.05. The summed E-state index contributed by atoms with van der Waals surface area (Å²) in [5.41, 5.74) is 3.07. The van der Waals surface area contributed by atoms with Crippen molar-refractivity contribution in [3.63, 3.8) is 0 Å². The first-order valence-corrected chi connectivity index (χ1v) is 8.93. The first-order chi connectivity index (χ1) is 13.6. The van der Waals surface area contributed by atoms with E-state index in [0.29, 0.717) is 17.6 Å². The molecule has 0 bridgehead atoms. The van der Waals surface area contributed by atoms with Crippen molar-refractivity contribution in [1.29, 1.82) is 0 Å². The van der Waals surface area contributed by atoms with Gasteiger partial charge in [-0.3, -0.25) is 14.2 Å². The number of hydrogen-bond donors (Lipinski definition) is 1. The number of nitrogens with zero attached hydrogens (tertiary/aromatic N) is 4. The smallest absolute Gasteiger partial charge is 0.264 e. The number of amides is 1. The zero-order valence-corrected chi connectivity index (χ0v) is 15.4. The third-order valence-electron chi connectivity index (χ3n) is 4.54. The molecule has 0 atom stereocenters. The van der Waals surface area contributed by atoms with Gasteiger partial charge in [-0.2, -0.15) is 5.10 Å². The van der Waals surface area contributed by atoms with Gasteiger partial charge in [-0.15, -0.1) is 0 Å². The van der Waals surface area contributed by atoms with E-state index in [0.717, 1.165) is 16.8 Å². The maximum atomic E-state index is 12.8. The van der Waals surface area contributed by atoms with Crippen LogP contribution in [-0.2, 0) is 17.9 Å². The van der Waals surface area contributed by atoms with Crippen LogP contribution in [0.3, 0.4) is 0 Å². The molecule has 0 saturated heterocycles. The van der Waals surface area contributed by atoms with Gasteiger partial charge >= 0.3 is 0 Å². The molecule has 7 nitrogen and oxygen atoms in total. The van der Waals surface area contributed by atoms with Crippen LogP contribution in [0.4, 0.5) is 0 Å². The van der Waals surface area contributed by atoms with E-state index >= 15 is 0 Å². The minimum Gasteiger partial charge on any atom is -0.350 e. The number of carbonyl (C=O) groups excluding carboxylic acids is 1. The zero-order valence-electron chi connectivity index (χ0n) is 15.4. The summed E-state index contributed by atoms with van der Waals surface area (Å²) in [6.07, 6.45) is 2.89. The fourth-order valence-electron chi connectivity index (χ4n) is 3.05. The summed E-state index contributed by atoms with van der Waals surface area (Å²) in [7, 11) is 0. The number of nitrogens with one attached hydrogen (secondary N) is 1. The van der Waals surface area contributed by atoms with Crippen molar-refractivity contribution in [2.75, 3.05) is 0 Å². The van der Waals surface area contributed by atoms with Gasteiger partial charge in [0.05, 0.1) is 11.9 Å². The second kappa shape index (κ2) is 7.48. The molecule has 4 aromatic rings. The average Bonchev–Trinajstić information content (AvgIpc) is 3.14. The Kier molecular flexibility index (Phi) is 4.72. The summed E-state index contributed by atoms with van der Waals surface area (Å²) in [5, 5.41) is 7.51. The first-order valence-electron chi connectivity index (χ1n) is 8.93. The zero-order chi connectivity index (χ0) is 19.5. The van der Waals surface area contributed by atoms with Gasteiger partial charge in [0, 0.05) is 6.54 Å². The Morgan fingerprint density at radius 1 is 1.07 bits per heavy atom. The Morgan fingerprint density at radius 2 is 1.82 bits per heavy atom. The molecule has 0 spiro atoms. The van der Waals surface area contributed by atoms with Crippen molar-refractivity contribution in [3.8, 4) is 5.69 Å². The molecular formula is C21H19N5O2. The quantitative estimate of drug-likeness (QED) is 0.581. The van der Waals surface area contributed by atoms with Crippen LogP contribution in [0.2, 0.25) is 0 Å². The highest BCUT2D eigenvalue weighted by Crippen LogP contribution is 2.16. The standard InChI is InChI=1S/C21H19N5O2/c1-15-7-5-6-10-18(15)26-20-17(12-24-26)21(28)25(14-23-20)13-19(27)22-11-16-8-3-2-4-9-16/h2-10,12,14H,11,13H2,1H3,(H,22,27). The summed E-state index contributed by atoms with van der Waals surface area (Å²) < 4.78 is 2.94.